The lowest BCUT2D eigenvalue weighted by Crippen LogP contribution is -2.12. The van der Waals surface area contributed by atoms with Crippen molar-refractivity contribution in [3.63, 3.8) is 0 Å². The van der Waals surface area contributed by atoms with Crippen molar-refractivity contribution in [3.8, 4) is 0 Å². The number of hydrogen-bond acceptors (Lipinski definition) is 4. The zero-order valence-electron chi connectivity index (χ0n) is 11.4. The van der Waals surface area contributed by atoms with Gasteiger partial charge in [0.05, 0.1) is 11.0 Å². The number of rotatable bonds is 5. The van der Waals surface area contributed by atoms with Crippen LogP contribution in [0.5, 0.6) is 0 Å². The maximum Gasteiger partial charge on any atom is 0.273 e. The molecule has 1 unspecified atom stereocenters. The molecule has 0 amide bonds. The number of benzene rings is 2. The number of hydrogen-bond donors (Lipinski definition) is 2. The predicted molar refractivity (Wildman–Crippen MR) is 85.4 cm³/mol. The Morgan fingerprint density at radius 2 is 2.00 bits per heavy atom. The van der Waals surface area contributed by atoms with Crippen LogP contribution in [-0.4, -0.2) is 16.6 Å². The minimum Gasteiger partial charge on any atom is -0.387 e. The van der Waals surface area contributed by atoms with E-state index in [9.17, 15) is 15.2 Å². The molecular formula is C15H15BrN2O3. The Labute approximate surface area is 130 Å². The molecule has 0 aliphatic rings. The van der Waals surface area contributed by atoms with Crippen molar-refractivity contribution >= 4 is 27.3 Å². The molecule has 0 fully saturated rings. The zero-order valence-corrected chi connectivity index (χ0v) is 13.0. The first-order valence-electron chi connectivity index (χ1n) is 6.40. The van der Waals surface area contributed by atoms with Crippen molar-refractivity contribution in [1.29, 1.82) is 0 Å². The lowest BCUT2D eigenvalue weighted by molar-refractivity contribution is -0.385. The van der Waals surface area contributed by atoms with Gasteiger partial charge in [0.15, 0.2) is 0 Å². The highest BCUT2D eigenvalue weighted by Crippen LogP contribution is 2.31. The minimum atomic E-state index is -0.645. The van der Waals surface area contributed by atoms with Gasteiger partial charge in [-0.2, -0.15) is 0 Å². The van der Waals surface area contributed by atoms with Crippen LogP contribution in [0.25, 0.3) is 0 Å². The molecule has 2 rings (SSSR count). The number of aliphatic hydroxyl groups excluding tert-OH is 1. The van der Waals surface area contributed by atoms with E-state index in [1.807, 2.05) is 30.3 Å². The van der Waals surface area contributed by atoms with Crippen LogP contribution in [0.15, 0.2) is 46.9 Å². The number of halogens is 1. The molecule has 5 nitrogen and oxygen atoms in total. The molecule has 2 aromatic rings. The molecule has 0 aromatic heterocycles. The van der Waals surface area contributed by atoms with Crippen molar-refractivity contribution in [1.82, 2.24) is 0 Å². The van der Waals surface area contributed by atoms with Crippen molar-refractivity contribution in [2.45, 2.75) is 13.0 Å². The third-order valence-corrected chi connectivity index (χ3v) is 3.81. The van der Waals surface area contributed by atoms with E-state index in [2.05, 4.69) is 21.2 Å². The zero-order chi connectivity index (χ0) is 15.4. The molecule has 2 aromatic carbocycles. The van der Waals surface area contributed by atoms with Gasteiger partial charge in [0, 0.05) is 28.3 Å². The van der Waals surface area contributed by atoms with Crippen LogP contribution >= 0.6 is 15.9 Å². The second-order valence-corrected chi connectivity index (χ2v) is 5.54. The largest absolute Gasteiger partial charge is 0.387 e. The first-order valence-corrected chi connectivity index (χ1v) is 7.19. The monoisotopic (exact) mass is 350 g/mol. The van der Waals surface area contributed by atoms with Crippen LogP contribution < -0.4 is 5.32 Å². The van der Waals surface area contributed by atoms with Crippen molar-refractivity contribution in [2.24, 2.45) is 0 Å². The van der Waals surface area contributed by atoms with Gasteiger partial charge in [-0.25, -0.2) is 0 Å². The quantitative estimate of drug-likeness (QED) is 0.634. The number of aliphatic hydroxyl groups is 1. The van der Waals surface area contributed by atoms with Crippen molar-refractivity contribution < 1.29 is 10.0 Å². The molecule has 21 heavy (non-hydrogen) atoms. The molecular weight excluding hydrogens is 336 g/mol. The lowest BCUT2D eigenvalue weighted by Gasteiger charge is -2.14. The second-order valence-electron chi connectivity index (χ2n) is 4.68. The van der Waals surface area contributed by atoms with E-state index in [1.165, 1.54) is 6.07 Å². The predicted octanol–water partition coefficient (Wildman–Crippen LogP) is 3.81. The normalized spacial score (nSPS) is 12.0. The number of nitro groups is 1. The SMILES string of the molecule is Cc1cc(NCC(O)c2ccccc2)c(Br)cc1[N+](=O)[O-]. The maximum atomic E-state index is 10.9. The van der Waals surface area contributed by atoms with Gasteiger partial charge < -0.3 is 10.4 Å². The van der Waals surface area contributed by atoms with Crippen molar-refractivity contribution in [3.05, 3.63) is 68.2 Å². The summed E-state index contributed by atoms with van der Waals surface area (Å²) in [6, 6.07) is 12.5. The molecule has 6 heteroatoms. The first kappa shape index (κ1) is 15.5. The number of nitrogens with zero attached hydrogens (tertiary/aromatic N) is 1. The highest BCUT2D eigenvalue weighted by atomic mass is 79.9. The Balaban J connectivity index is 2.10. The molecule has 110 valence electrons. The summed E-state index contributed by atoms with van der Waals surface area (Å²) in [4.78, 5) is 10.4. The van der Waals surface area contributed by atoms with E-state index in [0.29, 0.717) is 22.3 Å². The van der Waals surface area contributed by atoms with E-state index >= 15 is 0 Å². The molecule has 0 saturated heterocycles. The van der Waals surface area contributed by atoms with Crippen molar-refractivity contribution in [2.75, 3.05) is 11.9 Å². The molecule has 0 aliphatic heterocycles. The average molecular weight is 351 g/mol. The Hall–Kier alpha value is -1.92. The van der Waals surface area contributed by atoms with Crippen LogP contribution in [-0.2, 0) is 0 Å². The average Bonchev–Trinajstić information content (AvgIpc) is 2.48. The molecule has 1 atom stereocenters. The van der Waals surface area contributed by atoms with Crippen LogP contribution in [0.3, 0.4) is 0 Å². The fraction of sp³-hybridized carbons (Fsp3) is 0.200. The number of nitro benzene ring substituents is 1. The van der Waals surface area contributed by atoms with E-state index in [-0.39, 0.29) is 5.69 Å². The minimum absolute atomic E-state index is 0.0658. The van der Waals surface area contributed by atoms with Gasteiger partial charge in [0.1, 0.15) is 0 Å². The third-order valence-electron chi connectivity index (χ3n) is 3.15. The summed E-state index contributed by atoms with van der Waals surface area (Å²) in [5, 5.41) is 24.1. The topological polar surface area (TPSA) is 75.4 Å². The fourth-order valence-corrected chi connectivity index (χ4v) is 2.47. The lowest BCUT2D eigenvalue weighted by atomic mass is 10.1. The van der Waals surface area contributed by atoms with Crippen LogP contribution in [0, 0.1) is 17.0 Å². The summed E-state index contributed by atoms with van der Waals surface area (Å²) in [6.07, 6.45) is -0.645. The van der Waals surface area contributed by atoms with Gasteiger partial charge in [0.2, 0.25) is 0 Å². The smallest absolute Gasteiger partial charge is 0.273 e. The van der Waals surface area contributed by atoms with Gasteiger partial charge >= 0.3 is 0 Å². The van der Waals surface area contributed by atoms with Crippen LogP contribution in [0.1, 0.15) is 17.2 Å². The number of nitrogens with one attached hydrogen (secondary N) is 1. The molecule has 0 bridgehead atoms. The summed E-state index contributed by atoms with van der Waals surface area (Å²) in [5.74, 6) is 0. The molecule has 0 saturated carbocycles. The summed E-state index contributed by atoms with van der Waals surface area (Å²) in [6.45, 7) is 2.00. The van der Waals surface area contributed by atoms with Gasteiger partial charge in [-0.05, 0) is 34.5 Å². The fourth-order valence-electron chi connectivity index (χ4n) is 2.00. The molecule has 0 aliphatic carbocycles. The maximum absolute atomic E-state index is 10.9. The molecule has 2 N–H and O–H groups in total. The van der Waals surface area contributed by atoms with Gasteiger partial charge in [0.25, 0.3) is 5.69 Å². The first-order chi connectivity index (χ1) is 9.99. The van der Waals surface area contributed by atoms with Gasteiger partial charge in [-0.3, -0.25) is 10.1 Å². The highest BCUT2D eigenvalue weighted by Gasteiger charge is 2.15. The summed E-state index contributed by atoms with van der Waals surface area (Å²) >= 11 is 3.31. The van der Waals surface area contributed by atoms with Gasteiger partial charge in [-0.15, -0.1) is 0 Å². The van der Waals surface area contributed by atoms with E-state index in [4.69, 9.17) is 0 Å². The van der Waals surface area contributed by atoms with E-state index in [1.54, 1.807) is 13.0 Å². The number of anilines is 1. The Morgan fingerprint density at radius 1 is 1.33 bits per heavy atom. The summed E-state index contributed by atoms with van der Waals surface area (Å²) < 4.78 is 0.597. The highest BCUT2D eigenvalue weighted by molar-refractivity contribution is 9.10. The Bertz CT molecular complexity index is 647. The van der Waals surface area contributed by atoms with Crippen LogP contribution in [0.2, 0.25) is 0 Å². The van der Waals surface area contributed by atoms with E-state index in [0.717, 1.165) is 5.56 Å². The molecule has 0 radical (unpaired) electrons. The van der Waals surface area contributed by atoms with E-state index < -0.39 is 11.0 Å². The van der Waals surface area contributed by atoms with Gasteiger partial charge in [-0.1, -0.05) is 30.3 Å². The standard InChI is InChI=1S/C15H15BrN2O3/c1-10-7-13(12(16)8-14(10)18(20)21)17-9-15(19)11-5-3-2-4-6-11/h2-8,15,17,19H,9H2,1H3. The molecule has 0 heterocycles. The summed E-state index contributed by atoms with van der Waals surface area (Å²) in [5.41, 5.74) is 2.17. The Morgan fingerprint density at radius 3 is 2.62 bits per heavy atom. The third kappa shape index (κ3) is 3.80. The molecule has 0 spiro atoms. The summed E-state index contributed by atoms with van der Waals surface area (Å²) in [7, 11) is 0. The second kappa shape index (κ2) is 6.69. The Kier molecular flexibility index (Phi) is 4.93. The number of aryl methyl sites for hydroxylation is 1. The van der Waals surface area contributed by atoms with Crippen LogP contribution in [0.4, 0.5) is 11.4 Å².